The predicted octanol–water partition coefficient (Wildman–Crippen LogP) is 3.59. The molecule has 0 amide bonds. The lowest BCUT2D eigenvalue weighted by Crippen LogP contribution is -2.38. The molecular formula is C15H20FN. The third-order valence-corrected chi connectivity index (χ3v) is 4.55. The highest BCUT2D eigenvalue weighted by Crippen LogP contribution is 2.41. The highest BCUT2D eigenvalue weighted by Gasteiger charge is 2.33. The molecule has 1 N–H and O–H groups in total. The third-order valence-electron chi connectivity index (χ3n) is 4.55. The molecule has 0 spiro atoms. The number of nitrogens with one attached hydrogen (secondary N) is 1. The van der Waals surface area contributed by atoms with E-state index in [-0.39, 0.29) is 5.82 Å². The zero-order chi connectivity index (χ0) is 11.9. The third kappa shape index (κ3) is 1.99. The van der Waals surface area contributed by atoms with Crippen molar-refractivity contribution in [2.24, 2.45) is 5.41 Å². The molecule has 1 unspecified atom stereocenters. The van der Waals surface area contributed by atoms with Crippen molar-refractivity contribution in [3.8, 4) is 0 Å². The average Bonchev–Trinajstić information content (AvgIpc) is 2.69. The maximum atomic E-state index is 13.6. The van der Waals surface area contributed by atoms with E-state index in [0.717, 1.165) is 24.9 Å². The Morgan fingerprint density at radius 2 is 2.24 bits per heavy atom. The molecule has 0 aliphatic heterocycles. The van der Waals surface area contributed by atoms with Crippen LogP contribution in [-0.4, -0.2) is 6.54 Å². The van der Waals surface area contributed by atoms with Gasteiger partial charge in [-0.25, -0.2) is 4.39 Å². The Morgan fingerprint density at radius 3 is 2.94 bits per heavy atom. The van der Waals surface area contributed by atoms with Crippen molar-refractivity contribution in [3.63, 3.8) is 0 Å². The van der Waals surface area contributed by atoms with Crippen molar-refractivity contribution < 1.29 is 4.39 Å². The molecule has 0 bridgehead atoms. The second kappa shape index (κ2) is 4.09. The molecule has 0 radical (unpaired) electrons. The largest absolute Gasteiger partial charge is 0.309 e. The number of hydrogen-bond acceptors (Lipinski definition) is 1. The van der Waals surface area contributed by atoms with Gasteiger partial charge in [-0.1, -0.05) is 25.5 Å². The van der Waals surface area contributed by atoms with Crippen molar-refractivity contribution in [2.45, 2.75) is 45.1 Å². The van der Waals surface area contributed by atoms with Crippen molar-refractivity contribution in [2.75, 3.05) is 6.54 Å². The fraction of sp³-hybridized carbons (Fsp3) is 0.600. The second-order valence-electron chi connectivity index (χ2n) is 5.94. The van der Waals surface area contributed by atoms with E-state index in [1.54, 1.807) is 6.07 Å². The van der Waals surface area contributed by atoms with E-state index in [1.165, 1.54) is 24.8 Å². The van der Waals surface area contributed by atoms with Crippen molar-refractivity contribution in [3.05, 3.63) is 35.1 Å². The first-order valence-electron chi connectivity index (χ1n) is 6.69. The van der Waals surface area contributed by atoms with Gasteiger partial charge in [-0.2, -0.15) is 0 Å². The summed E-state index contributed by atoms with van der Waals surface area (Å²) < 4.78 is 13.6. The Hall–Kier alpha value is -0.890. The molecule has 2 aliphatic rings. The minimum Gasteiger partial charge on any atom is -0.309 e. The Labute approximate surface area is 102 Å². The van der Waals surface area contributed by atoms with Gasteiger partial charge in [0, 0.05) is 12.6 Å². The van der Waals surface area contributed by atoms with Gasteiger partial charge in [-0.3, -0.25) is 0 Å². The summed E-state index contributed by atoms with van der Waals surface area (Å²) in [6.45, 7) is 3.43. The molecule has 92 valence electrons. The monoisotopic (exact) mass is 233 g/mol. The Balaban J connectivity index is 1.69. The van der Waals surface area contributed by atoms with Crippen molar-refractivity contribution in [1.82, 2.24) is 5.32 Å². The molecule has 2 heteroatoms. The van der Waals surface area contributed by atoms with Crippen LogP contribution in [0.1, 0.15) is 49.8 Å². The van der Waals surface area contributed by atoms with Crippen LogP contribution in [0.25, 0.3) is 0 Å². The van der Waals surface area contributed by atoms with Gasteiger partial charge >= 0.3 is 0 Å². The summed E-state index contributed by atoms with van der Waals surface area (Å²) >= 11 is 0. The summed E-state index contributed by atoms with van der Waals surface area (Å²) in [4.78, 5) is 0. The molecule has 0 saturated heterocycles. The maximum absolute atomic E-state index is 13.6. The van der Waals surface area contributed by atoms with Crippen LogP contribution in [0.2, 0.25) is 0 Å². The van der Waals surface area contributed by atoms with E-state index in [1.807, 2.05) is 6.07 Å². The molecule has 1 aromatic rings. The highest BCUT2D eigenvalue weighted by atomic mass is 19.1. The molecule has 1 nitrogen and oxygen atoms in total. The molecule has 1 aromatic carbocycles. The Morgan fingerprint density at radius 1 is 1.41 bits per heavy atom. The summed E-state index contributed by atoms with van der Waals surface area (Å²) in [5, 5.41) is 3.64. The van der Waals surface area contributed by atoms with Gasteiger partial charge in [0.1, 0.15) is 5.82 Å². The lowest BCUT2D eigenvalue weighted by molar-refractivity contribution is 0.150. The van der Waals surface area contributed by atoms with Gasteiger partial charge in [0.15, 0.2) is 0 Å². The molecule has 17 heavy (non-hydrogen) atoms. The summed E-state index contributed by atoms with van der Waals surface area (Å²) in [5.41, 5.74) is 2.62. The quantitative estimate of drug-likeness (QED) is 0.841. The molecule has 0 aromatic heterocycles. The van der Waals surface area contributed by atoms with E-state index in [9.17, 15) is 4.39 Å². The minimum absolute atomic E-state index is 0.0262. The van der Waals surface area contributed by atoms with E-state index < -0.39 is 0 Å². The first kappa shape index (κ1) is 11.2. The van der Waals surface area contributed by atoms with Gasteiger partial charge < -0.3 is 5.32 Å². The zero-order valence-corrected chi connectivity index (χ0v) is 10.4. The molecule has 1 saturated carbocycles. The Kier molecular flexibility index (Phi) is 2.70. The van der Waals surface area contributed by atoms with Crippen LogP contribution in [0.5, 0.6) is 0 Å². The van der Waals surface area contributed by atoms with Crippen molar-refractivity contribution >= 4 is 0 Å². The fourth-order valence-corrected chi connectivity index (χ4v) is 3.15. The molecule has 1 fully saturated rings. The van der Waals surface area contributed by atoms with Crippen LogP contribution in [-0.2, 0) is 6.42 Å². The second-order valence-corrected chi connectivity index (χ2v) is 5.94. The summed E-state index contributed by atoms with van der Waals surface area (Å²) in [6, 6.07) is 5.86. The normalized spacial score (nSPS) is 25.4. The van der Waals surface area contributed by atoms with E-state index in [2.05, 4.69) is 18.3 Å². The van der Waals surface area contributed by atoms with Crippen LogP contribution < -0.4 is 5.32 Å². The topological polar surface area (TPSA) is 12.0 Å². The Bertz CT molecular complexity index is 423. The highest BCUT2D eigenvalue weighted by molar-refractivity contribution is 5.35. The predicted molar refractivity (Wildman–Crippen MR) is 67.4 cm³/mol. The molecule has 1 atom stereocenters. The van der Waals surface area contributed by atoms with Gasteiger partial charge in [0.25, 0.3) is 0 Å². The minimum atomic E-state index is -0.0262. The summed E-state index contributed by atoms with van der Waals surface area (Å²) in [6.07, 6.45) is 5.97. The number of fused-ring (bicyclic) bond motifs is 1. The van der Waals surface area contributed by atoms with E-state index in [4.69, 9.17) is 0 Å². The lowest BCUT2D eigenvalue weighted by atomic mass is 9.70. The van der Waals surface area contributed by atoms with Crippen LogP contribution in [0.15, 0.2) is 18.2 Å². The number of halogens is 1. The smallest absolute Gasteiger partial charge is 0.126 e. The molecule has 2 aliphatic carbocycles. The van der Waals surface area contributed by atoms with Gasteiger partial charge in [-0.15, -0.1) is 0 Å². The summed E-state index contributed by atoms with van der Waals surface area (Å²) in [7, 11) is 0. The standard InChI is InChI=1S/C15H20FN/c1-15(8-3-9-15)10-17-14-7-6-11-12(14)4-2-5-13(11)16/h2,4-5,14,17H,3,6-10H2,1H3. The maximum Gasteiger partial charge on any atom is 0.126 e. The van der Waals surface area contributed by atoms with Gasteiger partial charge in [-0.05, 0) is 48.3 Å². The van der Waals surface area contributed by atoms with Crippen LogP contribution in [0, 0.1) is 11.2 Å². The zero-order valence-electron chi connectivity index (χ0n) is 10.4. The van der Waals surface area contributed by atoms with E-state index >= 15 is 0 Å². The van der Waals surface area contributed by atoms with Crippen molar-refractivity contribution in [1.29, 1.82) is 0 Å². The van der Waals surface area contributed by atoms with Gasteiger partial charge in [0.2, 0.25) is 0 Å². The molecular weight excluding hydrogens is 213 g/mol. The fourth-order valence-electron chi connectivity index (χ4n) is 3.15. The first-order chi connectivity index (χ1) is 8.18. The average molecular weight is 233 g/mol. The molecule has 3 rings (SSSR count). The number of hydrogen-bond donors (Lipinski definition) is 1. The van der Waals surface area contributed by atoms with Gasteiger partial charge in [0.05, 0.1) is 0 Å². The molecule has 0 heterocycles. The first-order valence-corrected chi connectivity index (χ1v) is 6.69. The van der Waals surface area contributed by atoms with E-state index in [0.29, 0.717) is 11.5 Å². The number of rotatable bonds is 3. The van der Waals surface area contributed by atoms with Crippen LogP contribution in [0.4, 0.5) is 4.39 Å². The number of benzene rings is 1. The lowest BCUT2D eigenvalue weighted by Gasteiger charge is -2.39. The SMILES string of the molecule is CC1(CNC2CCc3c(F)cccc32)CCC1. The summed E-state index contributed by atoms with van der Waals surface area (Å²) in [5.74, 6) is -0.0262. The van der Waals surface area contributed by atoms with Crippen LogP contribution >= 0.6 is 0 Å². The van der Waals surface area contributed by atoms with Crippen LogP contribution in [0.3, 0.4) is 0 Å².